The standard InChI is InChI=1S/C15H23NO/c1-15(2,16-3)14-7-5-6-11-8-9-12(17-4)10-13(11)14/h8-10,14,16H,5-7H2,1-4H3. The van der Waals surface area contributed by atoms with Crippen molar-refractivity contribution < 1.29 is 4.74 Å². The topological polar surface area (TPSA) is 21.3 Å². The second-order valence-corrected chi connectivity index (χ2v) is 5.48. The fourth-order valence-corrected chi connectivity index (χ4v) is 2.83. The molecule has 1 unspecified atom stereocenters. The highest BCUT2D eigenvalue weighted by molar-refractivity contribution is 5.41. The Morgan fingerprint density at radius 3 is 2.76 bits per heavy atom. The average Bonchev–Trinajstić information content (AvgIpc) is 2.37. The van der Waals surface area contributed by atoms with Crippen molar-refractivity contribution in [1.82, 2.24) is 5.32 Å². The monoisotopic (exact) mass is 233 g/mol. The molecular formula is C15H23NO. The molecule has 1 aromatic rings. The van der Waals surface area contributed by atoms with Gasteiger partial charge in [0.25, 0.3) is 0 Å². The summed E-state index contributed by atoms with van der Waals surface area (Å²) < 4.78 is 5.35. The molecule has 0 aliphatic heterocycles. The van der Waals surface area contributed by atoms with Gasteiger partial charge in [0.05, 0.1) is 7.11 Å². The van der Waals surface area contributed by atoms with Gasteiger partial charge < -0.3 is 10.1 Å². The zero-order valence-corrected chi connectivity index (χ0v) is 11.3. The largest absolute Gasteiger partial charge is 0.497 e. The third-order valence-corrected chi connectivity index (χ3v) is 4.18. The Bertz CT molecular complexity index is 398. The predicted molar refractivity (Wildman–Crippen MR) is 71.8 cm³/mol. The summed E-state index contributed by atoms with van der Waals surface area (Å²) in [6.45, 7) is 4.57. The molecule has 0 spiro atoms. The van der Waals surface area contributed by atoms with Crippen molar-refractivity contribution in [2.75, 3.05) is 14.2 Å². The molecule has 1 aliphatic carbocycles. The van der Waals surface area contributed by atoms with Crippen LogP contribution in [-0.4, -0.2) is 19.7 Å². The number of hydrogen-bond donors (Lipinski definition) is 1. The van der Waals surface area contributed by atoms with Gasteiger partial charge in [-0.3, -0.25) is 0 Å². The van der Waals surface area contributed by atoms with Crippen LogP contribution in [0.5, 0.6) is 5.75 Å². The van der Waals surface area contributed by atoms with Crippen LogP contribution < -0.4 is 10.1 Å². The van der Waals surface area contributed by atoms with E-state index in [2.05, 4.69) is 44.4 Å². The number of aryl methyl sites for hydroxylation is 1. The van der Waals surface area contributed by atoms with E-state index in [0.29, 0.717) is 5.92 Å². The summed E-state index contributed by atoms with van der Waals surface area (Å²) in [7, 11) is 3.79. The van der Waals surface area contributed by atoms with Crippen LogP contribution in [0, 0.1) is 0 Å². The van der Waals surface area contributed by atoms with Crippen molar-refractivity contribution >= 4 is 0 Å². The van der Waals surface area contributed by atoms with Crippen LogP contribution in [0.25, 0.3) is 0 Å². The summed E-state index contributed by atoms with van der Waals surface area (Å²) in [6, 6.07) is 6.53. The molecule has 1 aromatic carbocycles. The minimum Gasteiger partial charge on any atom is -0.497 e. The average molecular weight is 233 g/mol. The first kappa shape index (κ1) is 12.4. The fourth-order valence-electron chi connectivity index (χ4n) is 2.83. The molecule has 0 saturated carbocycles. The van der Waals surface area contributed by atoms with Crippen molar-refractivity contribution in [3.05, 3.63) is 29.3 Å². The third kappa shape index (κ3) is 2.32. The first-order chi connectivity index (χ1) is 8.08. The molecule has 0 aromatic heterocycles. The van der Waals surface area contributed by atoms with Gasteiger partial charge in [-0.2, -0.15) is 0 Å². The Morgan fingerprint density at radius 1 is 1.35 bits per heavy atom. The van der Waals surface area contributed by atoms with Crippen LogP contribution in [0.3, 0.4) is 0 Å². The van der Waals surface area contributed by atoms with E-state index in [4.69, 9.17) is 4.74 Å². The molecule has 94 valence electrons. The number of likely N-dealkylation sites (N-methyl/N-ethyl adjacent to an activating group) is 1. The maximum atomic E-state index is 5.35. The van der Waals surface area contributed by atoms with Crippen molar-refractivity contribution in [3.63, 3.8) is 0 Å². The fraction of sp³-hybridized carbons (Fsp3) is 0.600. The molecule has 1 N–H and O–H groups in total. The van der Waals surface area contributed by atoms with E-state index in [1.165, 1.54) is 30.4 Å². The third-order valence-electron chi connectivity index (χ3n) is 4.18. The molecule has 17 heavy (non-hydrogen) atoms. The molecule has 1 atom stereocenters. The van der Waals surface area contributed by atoms with Gasteiger partial charge in [-0.25, -0.2) is 0 Å². The van der Waals surface area contributed by atoms with Crippen molar-refractivity contribution in [2.45, 2.75) is 44.6 Å². The molecule has 2 nitrogen and oxygen atoms in total. The van der Waals surface area contributed by atoms with Gasteiger partial charge >= 0.3 is 0 Å². The molecule has 0 radical (unpaired) electrons. The molecule has 1 aliphatic rings. The predicted octanol–water partition coefficient (Wildman–Crippen LogP) is 3.11. The number of ether oxygens (including phenoxy) is 1. The number of rotatable bonds is 3. The zero-order valence-electron chi connectivity index (χ0n) is 11.3. The molecule has 0 bridgehead atoms. The highest BCUT2D eigenvalue weighted by Gasteiger charge is 2.32. The Kier molecular flexibility index (Phi) is 3.43. The number of benzene rings is 1. The molecule has 0 heterocycles. The highest BCUT2D eigenvalue weighted by Crippen LogP contribution is 2.40. The van der Waals surface area contributed by atoms with Gasteiger partial charge in [-0.1, -0.05) is 6.07 Å². The highest BCUT2D eigenvalue weighted by atomic mass is 16.5. The first-order valence-electron chi connectivity index (χ1n) is 6.44. The number of hydrogen-bond acceptors (Lipinski definition) is 2. The summed E-state index contributed by atoms with van der Waals surface area (Å²) >= 11 is 0. The SMILES string of the molecule is CNC(C)(C)C1CCCc2ccc(OC)cc21. The second kappa shape index (κ2) is 4.69. The molecule has 0 fully saturated rings. The van der Waals surface area contributed by atoms with Crippen LogP contribution >= 0.6 is 0 Å². The van der Waals surface area contributed by atoms with Crippen LogP contribution in [0.1, 0.15) is 43.7 Å². The maximum Gasteiger partial charge on any atom is 0.119 e. The molecule has 2 rings (SSSR count). The molecule has 2 heteroatoms. The van der Waals surface area contributed by atoms with Gasteiger partial charge in [-0.15, -0.1) is 0 Å². The second-order valence-electron chi connectivity index (χ2n) is 5.48. The molecule has 0 amide bonds. The Morgan fingerprint density at radius 2 is 2.12 bits per heavy atom. The van der Waals surface area contributed by atoms with E-state index in [1.807, 2.05) is 0 Å². The van der Waals surface area contributed by atoms with Crippen molar-refractivity contribution in [1.29, 1.82) is 0 Å². The van der Waals surface area contributed by atoms with Gasteiger partial charge in [0.15, 0.2) is 0 Å². The summed E-state index contributed by atoms with van der Waals surface area (Å²) in [4.78, 5) is 0. The van der Waals surface area contributed by atoms with E-state index in [0.717, 1.165) is 5.75 Å². The summed E-state index contributed by atoms with van der Waals surface area (Å²) in [5.41, 5.74) is 3.10. The number of nitrogens with one attached hydrogen (secondary N) is 1. The lowest BCUT2D eigenvalue weighted by molar-refractivity contribution is 0.311. The van der Waals surface area contributed by atoms with Crippen LogP contribution in [-0.2, 0) is 6.42 Å². The van der Waals surface area contributed by atoms with Gasteiger partial charge in [0.1, 0.15) is 5.75 Å². The summed E-state index contributed by atoms with van der Waals surface area (Å²) in [5, 5.41) is 3.45. The molecule has 0 saturated heterocycles. The van der Waals surface area contributed by atoms with Crippen molar-refractivity contribution in [3.8, 4) is 5.75 Å². The van der Waals surface area contributed by atoms with Crippen LogP contribution in [0.15, 0.2) is 18.2 Å². The van der Waals surface area contributed by atoms with Crippen LogP contribution in [0.2, 0.25) is 0 Å². The quantitative estimate of drug-likeness (QED) is 0.866. The van der Waals surface area contributed by atoms with E-state index >= 15 is 0 Å². The minimum atomic E-state index is 0.140. The smallest absolute Gasteiger partial charge is 0.119 e. The first-order valence-corrected chi connectivity index (χ1v) is 6.44. The lowest BCUT2D eigenvalue weighted by Gasteiger charge is -2.38. The van der Waals surface area contributed by atoms with Gasteiger partial charge in [-0.05, 0) is 63.4 Å². The van der Waals surface area contributed by atoms with Crippen molar-refractivity contribution in [2.24, 2.45) is 0 Å². The lowest BCUT2D eigenvalue weighted by Crippen LogP contribution is -2.43. The van der Waals surface area contributed by atoms with E-state index in [-0.39, 0.29) is 5.54 Å². The van der Waals surface area contributed by atoms with Gasteiger partial charge in [0.2, 0.25) is 0 Å². The molecular weight excluding hydrogens is 210 g/mol. The normalized spacial score (nSPS) is 19.9. The minimum absolute atomic E-state index is 0.140. The Hall–Kier alpha value is -1.02. The number of fused-ring (bicyclic) bond motifs is 1. The Balaban J connectivity index is 2.42. The Labute approximate surface area is 104 Å². The zero-order chi connectivity index (χ0) is 12.5. The number of methoxy groups -OCH3 is 1. The summed E-state index contributed by atoms with van der Waals surface area (Å²) in [5.74, 6) is 1.55. The maximum absolute atomic E-state index is 5.35. The van der Waals surface area contributed by atoms with Gasteiger partial charge in [0, 0.05) is 11.5 Å². The van der Waals surface area contributed by atoms with Crippen LogP contribution in [0.4, 0.5) is 0 Å². The van der Waals surface area contributed by atoms with E-state index in [9.17, 15) is 0 Å². The summed E-state index contributed by atoms with van der Waals surface area (Å²) in [6.07, 6.45) is 3.75. The van der Waals surface area contributed by atoms with E-state index in [1.54, 1.807) is 7.11 Å². The lowest BCUT2D eigenvalue weighted by atomic mass is 9.73. The van der Waals surface area contributed by atoms with E-state index < -0.39 is 0 Å².